The van der Waals surface area contributed by atoms with E-state index in [1.54, 1.807) is 42.5 Å². The van der Waals surface area contributed by atoms with Crippen LogP contribution in [0.1, 0.15) is 0 Å². The third-order valence-corrected chi connectivity index (χ3v) is 5.50. The monoisotopic (exact) mass is 306 g/mol. The summed E-state index contributed by atoms with van der Waals surface area (Å²) >= 11 is 0. The van der Waals surface area contributed by atoms with Crippen LogP contribution in [0.2, 0.25) is 0 Å². The third-order valence-electron chi connectivity index (χ3n) is 3.76. The summed E-state index contributed by atoms with van der Waals surface area (Å²) in [4.78, 5) is 0.279. The van der Waals surface area contributed by atoms with Crippen molar-refractivity contribution in [2.45, 2.75) is 4.90 Å². The van der Waals surface area contributed by atoms with Crippen LogP contribution in [-0.4, -0.2) is 12.4 Å². The molecular weight excluding hydrogens is 294 g/mol. The molecule has 4 rings (SSSR count). The molecule has 1 heterocycles. The lowest BCUT2D eigenvalue weighted by molar-refractivity contribution is 0.590. The normalized spacial score (nSPS) is 12.0. The van der Waals surface area contributed by atoms with E-state index < -0.39 is 10.0 Å². The average molecular weight is 306 g/mol. The van der Waals surface area contributed by atoms with Crippen molar-refractivity contribution in [1.82, 2.24) is 3.97 Å². The van der Waals surface area contributed by atoms with Crippen LogP contribution in [0.5, 0.6) is 0 Å². The second kappa shape index (κ2) is 4.71. The molecule has 0 aliphatic rings. The van der Waals surface area contributed by atoms with E-state index >= 15 is 0 Å². The van der Waals surface area contributed by atoms with Gasteiger partial charge in [-0.05, 0) is 30.3 Å². The highest BCUT2D eigenvalue weighted by molar-refractivity contribution is 7.90. The summed E-state index contributed by atoms with van der Waals surface area (Å²) in [5.74, 6) is 0. The van der Waals surface area contributed by atoms with Crippen molar-refractivity contribution in [2.75, 3.05) is 0 Å². The Morgan fingerprint density at radius 1 is 0.773 bits per heavy atom. The highest BCUT2D eigenvalue weighted by atomic mass is 32.2. The molecule has 0 spiro atoms. The fourth-order valence-corrected chi connectivity index (χ4v) is 4.32. The first-order valence-corrected chi connectivity index (χ1v) is 8.33. The molecule has 0 fully saturated rings. The van der Waals surface area contributed by atoms with Crippen molar-refractivity contribution in [3.8, 4) is 0 Å². The SMILES string of the molecule is O=S(=O)(c1ccccc1)n1c2c[c]ccc2c2ccccc21. The number of hydrogen-bond acceptors (Lipinski definition) is 2. The van der Waals surface area contributed by atoms with Gasteiger partial charge in [0.1, 0.15) is 0 Å². The van der Waals surface area contributed by atoms with Gasteiger partial charge in [-0.25, -0.2) is 12.4 Å². The molecule has 4 aromatic rings. The van der Waals surface area contributed by atoms with Crippen molar-refractivity contribution < 1.29 is 8.42 Å². The lowest BCUT2D eigenvalue weighted by atomic mass is 10.2. The zero-order chi connectivity index (χ0) is 15.2. The molecule has 0 bridgehead atoms. The van der Waals surface area contributed by atoms with E-state index in [4.69, 9.17) is 0 Å². The fraction of sp³-hybridized carbons (Fsp3) is 0. The maximum Gasteiger partial charge on any atom is 0.268 e. The smallest absolute Gasteiger partial charge is 0.233 e. The summed E-state index contributed by atoms with van der Waals surface area (Å²) in [5.41, 5.74) is 1.33. The molecule has 0 amide bonds. The van der Waals surface area contributed by atoms with Crippen molar-refractivity contribution in [3.63, 3.8) is 0 Å². The summed E-state index contributed by atoms with van der Waals surface area (Å²) in [7, 11) is -3.65. The lowest BCUT2D eigenvalue weighted by Crippen LogP contribution is -2.12. The Bertz CT molecular complexity index is 1030. The minimum atomic E-state index is -3.65. The molecule has 107 valence electrons. The second-order valence-electron chi connectivity index (χ2n) is 5.04. The van der Waals surface area contributed by atoms with Gasteiger partial charge < -0.3 is 0 Å². The van der Waals surface area contributed by atoms with Crippen molar-refractivity contribution in [3.05, 3.63) is 78.9 Å². The Kier molecular flexibility index (Phi) is 2.81. The molecule has 0 unspecified atom stereocenters. The first-order valence-electron chi connectivity index (χ1n) is 6.89. The number of fused-ring (bicyclic) bond motifs is 3. The van der Waals surface area contributed by atoms with Gasteiger partial charge in [0.15, 0.2) is 0 Å². The van der Waals surface area contributed by atoms with E-state index in [1.807, 2.05) is 30.3 Å². The summed E-state index contributed by atoms with van der Waals surface area (Å²) in [6, 6.07) is 24.4. The predicted octanol–water partition coefficient (Wildman–Crippen LogP) is 3.83. The van der Waals surface area contributed by atoms with E-state index in [2.05, 4.69) is 6.07 Å². The molecule has 3 aromatic carbocycles. The summed E-state index contributed by atoms with van der Waals surface area (Å²) in [6.07, 6.45) is 0. The molecule has 0 saturated carbocycles. The summed E-state index contributed by atoms with van der Waals surface area (Å²) in [5, 5.41) is 1.83. The van der Waals surface area contributed by atoms with Crippen molar-refractivity contribution >= 4 is 31.8 Å². The van der Waals surface area contributed by atoms with Crippen LogP contribution >= 0.6 is 0 Å². The number of aromatic nitrogens is 1. The van der Waals surface area contributed by atoms with Crippen LogP contribution in [0.3, 0.4) is 0 Å². The minimum absolute atomic E-state index is 0.279. The Hall–Kier alpha value is -2.59. The average Bonchev–Trinajstić information content (AvgIpc) is 2.91. The number of rotatable bonds is 2. The lowest BCUT2D eigenvalue weighted by Gasteiger charge is -2.09. The largest absolute Gasteiger partial charge is 0.268 e. The van der Waals surface area contributed by atoms with E-state index in [0.29, 0.717) is 11.0 Å². The molecular formula is C18H12NO2S. The molecule has 0 aliphatic heterocycles. The van der Waals surface area contributed by atoms with Gasteiger partial charge in [0.2, 0.25) is 0 Å². The molecule has 1 aromatic heterocycles. The highest BCUT2D eigenvalue weighted by Gasteiger charge is 2.22. The van der Waals surface area contributed by atoms with Crippen LogP contribution in [0.15, 0.2) is 77.7 Å². The number of para-hydroxylation sites is 1. The quantitative estimate of drug-likeness (QED) is 0.564. The number of benzene rings is 3. The minimum Gasteiger partial charge on any atom is -0.233 e. The van der Waals surface area contributed by atoms with Crippen molar-refractivity contribution in [2.24, 2.45) is 0 Å². The Morgan fingerprint density at radius 2 is 1.45 bits per heavy atom. The summed E-state index contributed by atoms with van der Waals surface area (Å²) in [6.45, 7) is 0. The molecule has 0 atom stereocenters. The topological polar surface area (TPSA) is 39.1 Å². The van der Waals surface area contributed by atoms with Gasteiger partial charge in [0.05, 0.1) is 15.9 Å². The van der Waals surface area contributed by atoms with Gasteiger partial charge in [0, 0.05) is 10.8 Å². The van der Waals surface area contributed by atoms with Gasteiger partial charge in [-0.1, -0.05) is 48.5 Å². The molecule has 0 aliphatic carbocycles. The molecule has 0 saturated heterocycles. The van der Waals surface area contributed by atoms with Gasteiger partial charge >= 0.3 is 0 Å². The third kappa shape index (κ3) is 1.77. The first kappa shape index (κ1) is 13.1. The summed E-state index contributed by atoms with van der Waals surface area (Å²) < 4.78 is 27.6. The zero-order valence-electron chi connectivity index (χ0n) is 11.6. The highest BCUT2D eigenvalue weighted by Crippen LogP contribution is 2.31. The van der Waals surface area contributed by atoms with Gasteiger partial charge in [-0.15, -0.1) is 0 Å². The van der Waals surface area contributed by atoms with Gasteiger partial charge in [0.25, 0.3) is 10.0 Å². The van der Waals surface area contributed by atoms with Gasteiger partial charge in [-0.2, -0.15) is 0 Å². The Balaban J connectivity index is 2.18. The number of hydrogen-bond donors (Lipinski definition) is 0. The van der Waals surface area contributed by atoms with Crippen LogP contribution in [-0.2, 0) is 10.0 Å². The van der Waals surface area contributed by atoms with Gasteiger partial charge in [-0.3, -0.25) is 0 Å². The van der Waals surface area contributed by atoms with Crippen molar-refractivity contribution in [1.29, 1.82) is 0 Å². The zero-order valence-corrected chi connectivity index (χ0v) is 12.4. The second-order valence-corrected chi connectivity index (χ2v) is 6.83. The molecule has 22 heavy (non-hydrogen) atoms. The maximum atomic E-state index is 13.1. The fourth-order valence-electron chi connectivity index (χ4n) is 2.78. The molecule has 3 nitrogen and oxygen atoms in total. The van der Waals surface area contributed by atoms with Crippen LogP contribution in [0.4, 0.5) is 0 Å². The van der Waals surface area contributed by atoms with Crippen LogP contribution in [0.25, 0.3) is 21.8 Å². The molecule has 0 N–H and O–H groups in total. The van der Waals surface area contributed by atoms with E-state index in [0.717, 1.165) is 10.8 Å². The Labute approximate surface area is 128 Å². The van der Waals surface area contributed by atoms with E-state index in [9.17, 15) is 8.42 Å². The predicted molar refractivity (Wildman–Crippen MR) is 87.3 cm³/mol. The molecule has 1 radical (unpaired) electrons. The van der Waals surface area contributed by atoms with E-state index in [1.165, 1.54) is 3.97 Å². The Morgan fingerprint density at radius 3 is 2.27 bits per heavy atom. The maximum absolute atomic E-state index is 13.1. The standard InChI is InChI=1S/C18H12NO2S/c20-22(21,14-8-2-1-3-9-14)19-17-12-6-4-10-15(17)16-11-5-7-13-18(16)19/h1-6,8-13H. The van der Waals surface area contributed by atoms with E-state index in [-0.39, 0.29) is 4.90 Å². The van der Waals surface area contributed by atoms with Crippen LogP contribution in [0, 0.1) is 6.07 Å². The molecule has 4 heteroatoms. The van der Waals surface area contributed by atoms with Crippen LogP contribution < -0.4 is 0 Å². The number of nitrogens with zero attached hydrogens (tertiary/aromatic N) is 1. The first-order chi connectivity index (χ1) is 10.7.